The van der Waals surface area contributed by atoms with Crippen LogP contribution in [0.4, 0.5) is 0 Å². The van der Waals surface area contributed by atoms with E-state index in [4.69, 9.17) is 0 Å². The van der Waals surface area contributed by atoms with Crippen LogP contribution >= 0.6 is 43.2 Å². The van der Waals surface area contributed by atoms with Crippen LogP contribution in [-0.4, -0.2) is 7.05 Å². The summed E-state index contributed by atoms with van der Waals surface area (Å²) in [5.74, 6) is 0. The number of aryl methyl sites for hydroxylation is 1. The summed E-state index contributed by atoms with van der Waals surface area (Å²) in [7, 11) is 2.03. The van der Waals surface area contributed by atoms with Crippen molar-refractivity contribution < 1.29 is 0 Å². The highest BCUT2D eigenvalue weighted by Gasteiger charge is 2.15. The summed E-state index contributed by atoms with van der Waals surface area (Å²) < 4.78 is 2.40. The third-order valence-corrected chi connectivity index (χ3v) is 5.59. The van der Waals surface area contributed by atoms with E-state index in [9.17, 15) is 0 Å². The van der Waals surface area contributed by atoms with Gasteiger partial charge in [-0.1, -0.05) is 30.3 Å². The topological polar surface area (TPSA) is 12.0 Å². The number of hydrogen-bond donors (Lipinski definition) is 1. The van der Waals surface area contributed by atoms with Gasteiger partial charge in [0.15, 0.2) is 0 Å². The van der Waals surface area contributed by atoms with Crippen molar-refractivity contribution in [1.29, 1.82) is 0 Å². The molecule has 2 rings (SSSR count). The van der Waals surface area contributed by atoms with E-state index in [1.807, 2.05) is 7.05 Å². The summed E-state index contributed by atoms with van der Waals surface area (Å²) in [5.41, 5.74) is 2.77. The highest BCUT2D eigenvalue weighted by molar-refractivity contribution is 9.12. The molecule has 0 bridgehead atoms. The average Bonchev–Trinajstić information content (AvgIpc) is 2.75. The fourth-order valence-electron chi connectivity index (χ4n) is 2.20. The Bertz CT molecular complexity index is 510. The molecule has 0 aliphatic rings. The number of halogens is 2. The first-order valence-electron chi connectivity index (χ1n) is 6.36. The van der Waals surface area contributed by atoms with E-state index in [-0.39, 0.29) is 0 Å². The minimum Gasteiger partial charge on any atom is -0.313 e. The molecule has 0 radical (unpaired) electrons. The summed E-state index contributed by atoms with van der Waals surface area (Å²) in [6, 6.07) is 13.3. The van der Waals surface area contributed by atoms with Crippen LogP contribution in [0.2, 0.25) is 0 Å². The van der Waals surface area contributed by atoms with Crippen molar-refractivity contribution in [3.63, 3.8) is 0 Å². The summed E-state index contributed by atoms with van der Waals surface area (Å²) in [6.07, 6.45) is 3.48. The van der Waals surface area contributed by atoms with E-state index in [2.05, 4.69) is 73.6 Å². The van der Waals surface area contributed by atoms with Gasteiger partial charge in [0.1, 0.15) is 0 Å². The first-order valence-corrected chi connectivity index (χ1v) is 8.77. The van der Waals surface area contributed by atoms with Crippen molar-refractivity contribution in [1.82, 2.24) is 5.32 Å². The van der Waals surface area contributed by atoms with Gasteiger partial charge in [-0.3, -0.25) is 0 Å². The number of benzene rings is 1. The Kier molecular flexibility index (Phi) is 6.07. The average molecular weight is 403 g/mol. The van der Waals surface area contributed by atoms with Crippen molar-refractivity contribution in [3.05, 3.63) is 55.1 Å². The first kappa shape index (κ1) is 15.2. The molecule has 0 saturated carbocycles. The molecule has 0 amide bonds. The molecule has 102 valence electrons. The van der Waals surface area contributed by atoms with Gasteiger partial charge >= 0.3 is 0 Å². The zero-order valence-electron chi connectivity index (χ0n) is 10.8. The largest absolute Gasteiger partial charge is 0.313 e. The molecule has 1 N–H and O–H groups in total. The summed E-state index contributed by atoms with van der Waals surface area (Å²) >= 11 is 8.93. The molecule has 2 aromatic rings. The third kappa shape index (κ3) is 4.42. The van der Waals surface area contributed by atoms with Gasteiger partial charge < -0.3 is 5.32 Å². The summed E-state index contributed by atoms with van der Waals surface area (Å²) in [4.78, 5) is 0. The number of thiophene rings is 1. The van der Waals surface area contributed by atoms with Crippen LogP contribution in [0.15, 0.2) is 44.0 Å². The van der Waals surface area contributed by atoms with Gasteiger partial charge in [0.25, 0.3) is 0 Å². The van der Waals surface area contributed by atoms with Crippen LogP contribution < -0.4 is 5.32 Å². The minimum absolute atomic E-state index is 0.417. The van der Waals surface area contributed by atoms with Gasteiger partial charge in [-0.15, -0.1) is 11.3 Å². The van der Waals surface area contributed by atoms with Crippen molar-refractivity contribution in [2.45, 2.75) is 25.3 Å². The second-order valence-corrected chi connectivity index (χ2v) is 8.25. The van der Waals surface area contributed by atoms with Crippen molar-refractivity contribution in [3.8, 4) is 0 Å². The molecule has 1 unspecified atom stereocenters. The molecule has 4 heteroatoms. The Morgan fingerprint density at radius 1 is 1.21 bits per heavy atom. The molecular formula is C15H17Br2NS. The Hall–Kier alpha value is -0.160. The predicted octanol–water partition coefficient (Wildman–Crippen LogP) is 5.56. The van der Waals surface area contributed by atoms with Gasteiger partial charge in [-0.2, -0.15) is 0 Å². The van der Waals surface area contributed by atoms with E-state index >= 15 is 0 Å². The second-order valence-electron chi connectivity index (χ2n) is 4.50. The zero-order valence-corrected chi connectivity index (χ0v) is 14.8. The van der Waals surface area contributed by atoms with Crippen LogP contribution in [0.3, 0.4) is 0 Å². The van der Waals surface area contributed by atoms with Crippen LogP contribution in [-0.2, 0) is 6.42 Å². The summed E-state index contributed by atoms with van der Waals surface area (Å²) in [6.45, 7) is 0. The Morgan fingerprint density at radius 2 is 1.95 bits per heavy atom. The molecule has 1 nitrogen and oxygen atoms in total. The highest BCUT2D eigenvalue weighted by Crippen LogP contribution is 2.36. The SMILES string of the molecule is CNC(CCCc1ccccc1)c1cc(Br)sc1Br. The maximum Gasteiger partial charge on any atom is 0.0758 e. The smallest absolute Gasteiger partial charge is 0.0758 e. The molecule has 19 heavy (non-hydrogen) atoms. The molecule has 0 aliphatic heterocycles. The molecule has 1 aromatic carbocycles. The Balaban J connectivity index is 1.91. The van der Waals surface area contributed by atoms with E-state index in [1.165, 1.54) is 25.1 Å². The van der Waals surface area contributed by atoms with E-state index < -0.39 is 0 Å². The maximum absolute atomic E-state index is 3.64. The lowest BCUT2D eigenvalue weighted by molar-refractivity contribution is 0.527. The van der Waals surface area contributed by atoms with E-state index in [0.29, 0.717) is 6.04 Å². The molecule has 0 aliphatic carbocycles. The zero-order chi connectivity index (χ0) is 13.7. The quantitative estimate of drug-likeness (QED) is 0.667. The van der Waals surface area contributed by atoms with Crippen LogP contribution in [0.5, 0.6) is 0 Å². The van der Waals surface area contributed by atoms with Crippen molar-refractivity contribution in [2.24, 2.45) is 0 Å². The Morgan fingerprint density at radius 3 is 2.53 bits per heavy atom. The highest BCUT2D eigenvalue weighted by atomic mass is 79.9. The number of rotatable bonds is 6. The lowest BCUT2D eigenvalue weighted by atomic mass is 10.0. The van der Waals surface area contributed by atoms with E-state index in [0.717, 1.165) is 12.8 Å². The van der Waals surface area contributed by atoms with Gasteiger partial charge in [-0.05, 0) is 75.4 Å². The van der Waals surface area contributed by atoms with Gasteiger partial charge in [0, 0.05) is 6.04 Å². The molecule has 0 fully saturated rings. The minimum atomic E-state index is 0.417. The lowest BCUT2D eigenvalue weighted by Crippen LogP contribution is -2.16. The molecule has 0 saturated heterocycles. The number of nitrogens with one attached hydrogen (secondary N) is 1. The standard InChI is InChI=1S/C15H17Br2NS/c1-18-13(12-10-14(16)19-15(12)17)9-5-8-11-6-3-2-4-7-11/h2-4,6-7,10,13,18H,5,8-9H2,1H3. The molecule has 1 aromatic heterocycles. The third-order valence-electron chi connectivity index (χ3n) is 3.21. The van der Waals surface area contributed by atoms with Gasteiger partial charge in [0.05, 0.1) is 7.57 Å². The van der Waals surface area contributed by atoms with Crippen molar-refractivity contribution in [2.75, 3.05) is 7.05 Å². The molecule has 0 spiro atoms. The summed E-state index contributed by atoms with van der Waals surface area (Å²) in [5, 5.41) is 3.41. The predicted molar refractivity (Wildman–Crippen MR) is 90.9 cm³/mol. The Labute approximate surface area is 135 Å². The fourth-order valence-corrected chi connectivity index (χ4v) is 5.17. The van der Waals surface area contributed by atoms with E-state index in [1.54, 1.807) is 11.3 Å². The van der Waals surface area contributed by atoms with Gasteiger partial charge in [-0.25, -0.2) is 0 Å². The van der Waals surface area contributed by atoms with Gasteiger partial charge in [0.2, 0.25) is 0 Å². The molecule has 1 heterocycles. The maximum atomic E-state index is 3.64. The fraction of sp³-hybridized carbons (Fsp3) is 0.333. The van der Waals surface area contributed by atoms with Crippen LogP contribution in [0.25, 0.3) is 0 Å². The molecular weight excluding hydrogens is 386 g/mol. The molecule has 1 atom stereocenters. The lowest BCUT2D eigenvalue weighted by Gasteiger charge is -2.15. The van der Waals surface area contributed by atoms with Crippen LogP contribution in [0, 0.1) is 0 Å². The normalized spacial score (nSPS) is 12.6. The number of hydrogen-bond acceptors (Lipinski definition) is 2. The first-order chi connectivity index (χ1) is 9.20. The monoisotopic (exact) mass is 401 g/mol. The van der Waals surface area contributed by atoms with Crippen LogP contribution in [0.1, 0.15) is 30.0 Å². The van der Waals surface area contributed by atoms with Crippen molar-refractivity contribution >= 4 is 43.2 Å². The second kappa shape index (κ2) is 7.58.